The van der Waals surface area contributed by atoms with Crippen molar-refractivity contribution in [3.63, 3.8) is 0 Å². The number of hydrogen-bond acceptors (Lipinski definition) is 3. The van der Waals surface area contributed by atoms with Gasteiger partial charge in [-0.1, -0.05) is 0 Å². The maximum absolute atomic E-state index is 12.1. The van der Waals surface area contributed by atoms with Crippen LogP contribution in [-0.4, -0.2) is 33.1 Å². The lowest BCUT2D eigenvalue weighted by molar-refractivity contribution is -0.118. The number of carboxylic acid groups (broad SMARTS) is 1. The van der Waals surface area contributed by atoms with Gasteiger partial charge in [0.1, 0.15) is 0 Å². The van der Waals surface area contributed by atoms with Gasteiger partial charge in [0.2, 0.25) is 5.91 Å². The summed E-state index contributed by atoms with van der Waals surface area (Å²) in [4.78, 5) is 28.8. The number of aromatic carboxylic acids is 1. The quantitative estimate of drug-likeness (QED) is 0.925. The Morgan fingerprint density at radius 3 is 2.86 bits per heavy atom. The Bertz CT molecular complexity index is 679. The van der Waals surface area contributed by atoms with E-state index >= 15 is 0 Å². The van der Waals surface area contributed by atoms with Gasteiger partial charge < -0.3 is 14.6 Å². The number of imidazole rings is 1. The fourth-order valence-corrected chi connectivity index (χ4v) is 2.57. The van der Waals surface area contributed by atoms with Gasteiger partial charge in [-0.3, -0.25) is 4.79 Å². The first-order valence-electron chi connectivity index (χ1n) is 6.77. The van der Waals surface area contributed by atoms with Crippen LogP contribution in [0.5, 0.6) is 0 Å². The number of rotatable bonds is 4. The molecule has 1 N–H and O–H groups in total. The van der Waals surface area contributed by atoms with Crippen molar-refractivity contribution < 1.29 is 14.7 Å². The molecule has 21 heavy (non-hydrogen) atoms. The van der Waals surface area contributed by atoms with Gasteiger partial charge in [0.15, 0.2) is 0 Å². The molecule has 1 aromatic heterocycles. The van der Waals surface area contributed by atoms with E-state index in [2.05, 4.69) is 4.98 Å². The molecule has 0 aliphatic carbocycles. The highest BCUT2D eigenvalue weighted by Gasteiger charge is 2.24. The largest absolute Gasteiger partial charge is 0.478 e. The molecule has 0 spiro atoms. The van der Waals surface area contributed by atoms with Crippen LogP contribution in [0.2, 0.25) is 0 Å². The zero-order chi connectivity index (χ0) is 14.8. The van der Waals surface area contributed by atoms with Gasteiger partial charge in [0, 0.05) is 37.6 Å². The molecule has 6 nitrogen and oxygen atoms in total. The summed E-state index contributed by atoms with van der Waals surface area (Å²) in [6.07, 6.45) is 6.27. The summed E-state index contributed by atoms with van der Waals surface area (Å²) in [7, 11) is 0. The van der Waals surface area contributed by atoms with E-state index in [1.54, 1.807) is 35.6 Å². The van der Waals surface area contributed by atoms with Crippen LogP contribution in [-0.2, 0) is 17.8 Å². The number of carboxylic acids is 1. The van der Waals surface area contributed by atoms with Crippen LogP contribution in [0, 0.1) is 0 Å². The standard InChI is InChI=1S/C15H15N3O3/c19-14-4-2-11-9-12(15(20)21)1-3-13(11)18(14)8-7-17-6-5-16-10-17/h1,3,5-6,9-10H,2,4,7-8H2,(H,20,21). The highest BCUT2D eigenvalue weighted by molar-refractivity contribution is 5.97. The van der Waals surface area contributed by atoms with Crippen molar-refractivity contribution in [2.75, 3.05) is 11.4 Å². The van der Waals surface area contributed by atoms with E-state index < -0.39 is 5.97 Å². The van der Waals surface area contributed by atoms with Crippen molar-refractivity contribution in [3.05, 3.63) is 48.0 Å². The Hall–Kier alpha value is -2.63. The summed E-state index contributed by atoms with van der Waals surface area (Å²) < 4.78 is 1.91. The molecule has 0 saturated carbocycles. The third-order valence-electron chi connectivity index (χ3n) is 3.67. The normalized spacial score (nSPS) is 14.1. The number of fused-ring (bicyclic) bond motifs is 1. The summed E-state index contributed by atoms with van der Waals surface area (Å²) in [6.45, 7) is 1.21. The van der Waals surface area contributed by atoms with E-state index in [-0.39, 0.29) is 11.5 Å². The Kier molecular flexibility index (Phi) is 3.43. The number of aryl methyl sites for hydroxylation is 1. The third kappa shape index (κ3) is 2.65. The van der Waals surface area contributed by atoms with Gasteiger partial charge >= 0.3 is 5.97 Å². The highest BCUT2D eigenvalue weighted by atomic mass is 16.4. The number of benzene rings is 1. The zero-order valence-corrected chi connectivity index (χ0v) is 11.4. The van der Waals surface area contributed by atoms with E-state index in [1.165, 1.54) is 0 Å². The van der Waals surface area contributed by atoms with Crippen molar-refractivity contribution in [2.24, 2.45) is 0 Å². The van der Waals surface area contributed by atoms with Gasteiger partial charge in [-0.2, -0.15) is 0 Å². The number of anilines is 1. The second kappa shape index (κ2) is 5.40. The Labute approximate surface area is 121 Å². The van der Waals surface area contributed by atoms with Gasteiger partial charge in [0.25, 0.3) is 0 Å². The second-order valence-electron chi connectivity index (χ2n) is 4.99. The number of nitrogens with zero attached hydrogens (tertiary/aromatic N) is 3. The molecule has 0 saturated heterocycles. The Balaban J connectivity index is 1.84. The van der Waals surface area contributed by atoms with Crippen LogP contribution in [0.25, 0.3) is 0 Å². The fraction of sp³-hybridized carbons (Fsp3) is 0.267. The van der Waals surface area contributed by atoms with E-state index in [0.29, 0.717) is 25.9 Å². The first kappa shape index (κ1) is 13.4. The molecule has 0 atom stereocenters. The summed E-state index contributed by atoms with van der Waals surface area (Å²) in [6, 6.07) is 4.93. The molecular formula is C15H15N3O3. The van der Waals surface area contributed by atoms with E-state index in [9.17, 15) is 9.59 Å². The molecule has 2 aromatic rings. The van der Waals surface area contributed by atoms with Gasteiger partial charge in [-0.05, 0) is 30.2 Å². The summed E-state index contributed by atoms with van der Waals surface area (Å²) in [5.74, 6) is -0.870. The smallest absolute Gasteiger partial charge is 0.335 e. The molecule has 0 bridgehead atoms. The van der Waals surface area contributed by atoms with E-state index in [1.807, 2.05) is 10.8 Å². The average Bonchev–Trinajstić information content (AvgIpc) is 2.99. The number of carbonyl (C=O) groups excluding carboxylic acids is 1. The Morgan fingerprint density at radius 2 is 2.14 bits per heavy atom. The van der Waals surface area contributed by atoms with Crippen molar-refractivity contribution in [1.82, 2.24) is 9.55 Å². The first-order valence-corrected chi connectivity index (χ1v) is 6.77. The zero-order valence-electron chi connectivity index (χ0n) is 11.4. The SMILES string of the molecule is O=C(O)c1ccc2c(c1)CCC(=O)N2CCn1ccnc1. The summed E-state index contributed by atoms with van der Waals surface area (Å²) in [5.41, 5.74) is 1.99. The van der Waals surface area contributed by atoms with Crippen LogP contribution >= 0.6 is 0 Å². The molecule has 6 heteroatoms. The lowest BCUT2D eigenvalue weighted by Crippen LogP contribution is -2.37. The fourth-order valence-electron chi connectivity index (χ4n) is 2.57. The van der Waals surface area contributed by atoms with Gasteiger partial charge in [-0.15, -0.1) is 0 Å². The van der Waals surface area contributed by atoms with Crippen molar-refractivity contribution >= 4 is 17.6 Å². The van der Waals surface area contributed by atoms with Gasteiger partial charge in [-0.25, -0.2) is 9.78 Å². The molecule has 0 unspecified atom stereocenters. The van der Waals surface area contributed by atoms with Crippen molar-refractivity contribution in [1.29, 1.82) is 0 Å². The molecule has 2 heterocycles. The molecule has 0 radical (unpaired) electrons. The minimum absolute atomic E-state index is 0.0747. The lowest BCUT2D eigenvalue weighted by atomic mass is 9.98. The minimum Gasteiger partial charge on any atom is -0.478 e. The molecule has 1 aliphatic heterocycles. The second-order valence-corrected chi connectivity index (χ2v) is 4.99. The average molecular weight is 285 g/mol. The predicted octanol–water partition coefficient (Wildman–Crippen LogP) is 1.56. The first-order chi connectivity index (χ1) is 10.1. The summed E-state index contributed by atoms with van der Waals surface area (Å²) in [5, 5.41) is 9.04. The van der Waals surface area contributed by atoms with Crippen molar-refractivity contribution in [3.8, 4) is 0 Å². The van der Waals surface area contributed by atoms with Crippen molar-refractivity contribution in [2.45, 2.75) is 19.4 Å². The number of hydrogen-bond donors (Lipinski definition) is 1. The van der Waals surface area contributed by atoms with Crippen LogP contribution in [0.15, 0.2) is 36.9 Å². The number of aromatic nitrogens is 2. The van der Waals surface area contributed by atoms with Crippen LogP contribution in [0.3, 0.4) is 0 Å². The monoisotopic (exact) mass is 285 g/mol. The van der Waals surface area contributed by atoms with E-state index in [4.69, 9.17) is 5.11 Å². The lowest BCUT2D eigenvalue weighted by Gasteiger charge is -2.29. The van der Waals surface area contributed by atoms with Crippen LogP contribution < -0.4 is 4.90 Å². The molecule has 3 rings (SSSR count). The van der Waals surface area contributed by atoms with E-state index in [0.717, 1.165) is 11.3 Å². The van der Waals surface area contributed by atoms with Crippen LogP contribution in [0.1, 0.15) is 22.3 Å². The summed E-state index contributed by atoms with van der Waals surface area (Å²) >= 11 is 0. The molecule has 108 valence electrons. The predicted molar refractivity (Wildman–Crippen MR) is 76.3 cm³/mol. The molecule has 1 aromatic carbocycles. The third-order valence-corrected chi connectivity index (χ3v) is 3.67. The minimum atomic E-state index is -0.945. The maximum Gasteiger partial charge on any atom is 0.335 e. The molecule has 0 fully saturated rings. The van der Waals surface area contributed by atoms with Gasteiger partial charge in [0.05, 0.1) is 11.9 Å². The molecular weight excluding hydrogens is 270 g/mol. The maximum atomic E-state index is 12.1. The highest BCUT2D eigenvalue weighted by Crippen LogP contribution is 2.28. The number of carbonyl (C=O) groups is 2. The number of amides is 1. The molecule has 1 aliphatic rings. The molecule has 1 amide bonds. The van der Waals surface area contributed by atoms with Crippen LogP contribution in [0.4, 0.5) is 5.69 Å². The Morgan fingerprint density at radius 1 is 1.29 bits per heavy atom. The topological polar surface area (TPSA) is 75.4 Å².